The van der Waals surface area contributed by atoms with Crippen molar-refractivity contribution in [2.75, 3.05) is 17.6 Å². The average molecular weight is 471 g/mol. The number of hydrogen-bond donors (Lipinski definition) is 3. The fraction of sp³-hybridized carbons (Fsp3) is 0.391. The Morgan fingerprint density at radius 3 is 2.69 bits per heavy atom. The molecule has 3 N–H and O–H groups in total. The van der Waals surface area contributed by atoms with E-state index >= 15 is 0 Å². The number of aromatic amines is 1. The van der Waals surface area contributed by atoms with E-state index in [0.29, 0.717) is 11.6 Å². The summed E-state index contributed by atoms with van der Waals surface area (Å²) in [6, 6.07) is 5.80. The normalized spacial score (nSPS) is 13.1. The minimum Gasteiger partial charge on any atom is -0.346 e. The molecule has 0 radical (unpaired) electrons. The van der Waals surface area contributed by atoms with Crippen LogP contribution in [0.3, 0.4) is 0 Å². The fourth-order valence-corrected chi connectivity index (χ4v) is 5.94. The Balaban J connectivity index is 1.27. The number of carbonyl (C=O) groups excluding carboxylic acids is 2. The Labute approximate surface area is 194 Å². The lowest BCUT2D eigenvalue weighted by molar-refractivity contribution is -0.122. The number of nitrogens with zero attached hydrogens (tertiary/aromatic N) is 1. The topological polar surface area (TPSA) is 104 Å². The molecule has 0 spiro atoms. The van der Waals surface area contributed by atoms with Crippen molar-refractivity contribution in [1.29, 1.82) is 0 Å². The minimum atomic E-state index is -0.265. The summed E-state index contributed by atoms with van der Waals surface area (Å²) in [7, 11) is 0. The Bertz CT molecular complexity index is 1210. The zero-order valence-corrected chi connectivity index (χ0v) is 19.8. The Kier molecular flexibility index (Phi) is 6.95. The molecule has 0 aliphatic heterocycles. The standard InChI is InChI=1S/C23H26N4O3S2/c1-13-6-5-7-14(2)21(13)27-18(28)10-24-19(29)12-31-11-17-25-22(30)20-15-8-3-4-9-16(15)32-23(20)26-17/h5-7H,3-4,8-12H2,1-2H3,(H,24,29)(H,27,28)(H,25,26,30). The lowest BCUT2D eigenvalue weighted by Crippen LogP contribution is -2.34. The van der Waals surface area contributed by atoms with Crippen LogP contribution in [0.1, 0.15) is 40.2 Å². The van der Waals surface area contributed by atoms with Crippen molar-refractivity contribution in [3.8, 4) is 0 Å². The quantitative estimate of drug-likeness (QED) is 0.491. The summed E-state index contributed by atoms with van der Waals surface area (Å²) in [5, 5.41) is 6.23. The summed E-state index contributed by atoms with van der Waals surface area (Å²) < 4.78 is 0. The molecule has 0 bridgehead atoms. The molecule has 2 aromatic heterocycles. The number of fused-ring (bicyclic) bond motifs is 3. The first kappa shape index (κ1) is 22.5. The molecule has 3 aromatic rings. The smallest absolute Gasteiger partial charge is 0.259 e. The Morgan fingerprint density at radius 1 is 1.16 bits per heavy atom. The fourth-order valence-electron chi connectivity index (χ4n) is 3.94. The molecule has 1 aromatic carbocycles. The molecule has 7 nitrogen and oxygen atoms in total. The highest BCUT2D eigenvalue weighted by Gasteiger charge is 2.19. The molecule has 9 heteroatoms. The van der Waals surface area contributed by atoms with Crippen LogP contribution < -0.4 is 16.2 Å². The van der Waals surface area contributed by atoms with Gasteiger partial charge in [-0.1, -0.05) is 18.2 Å². The van der Waals surface area contributed by atoms with E-state index in [1.807, 2.05) is 32.0 Å². The van der Waals surface area contributed by atoms with Crippen LogP contribution in [0.4, 0.5) is 5.69 Å². The molecule has 1 aliphatic rings. The third-order valence-corrected chi connectivity index (χ3v) is 7.67. The van der Waals surface area contributed by atoms with Crippen molar-refractivity contribution < 1.29 is 9.59 Å². The monoisotopic (exact) mass is 470 g/mol. The van der Waals surface area contributed by atoms with Crippen LogP contribution in [0.5, 0.6) is 0 Å². The average Bonchev–Trinajstić information content (AvgIpc) is 3.14. The van der Waals surface area contributed by atoms with Gasteiger partial charge in [-0.3, -0.25) is 14.4 Å². The zero-order chi connectivity index (χ0) is 22.7. The second-order valence-electron chi connectivity index (χ2n) is 7.99. The Morgan fingerprint density at radius 2 is 1.91 bits per heavy atom. The lowest BCUT2D eigenvalue weighted by atomic mass is 9.97. The number of anilines is 1. The summed E-state index contributed by atoms with van der Waals surface area (Å²) >= 11 is 2.97. The van der Waals surface area contributed by atoms with E-state index in [0.717, 1.165) is 52.7 Å². The molecule has 1 aliphatic carbocycles. The Hall–Kier alpha value is -2.65. The first-order chi connectivity index (χ1) is 15.4. The van der Waals surface area contributed by atoms with Crippen molar-refractivity contribution in [3.05, 3.63) is 55.9 Å². The second-order valence-corrected chi connectivity index (χ2v) is 10.1. The summed E-state index contributed by atoms with van der Waals surface area (Å²) in [5.41, 5.74) is 3.82. The maximum Gasteiger partial charge on any atom is 0.259 e. The van der Waals surface area contributed by atoms with Gasteiger partial charge in [0.2, 0.25) is 11.8 Å². The maximum atomic E-state index is 12.6. The van der Waals surface area contributed by atoms with Crippen molar-refractivity contribution in [2.24, 2.45) is 0 Å². The van der Waals surface area contributed by atoms with Gasteiger partial charge >= 0.3 is 0 Å². The van der Waals surface area contributed by atoms with Crippen LogP contribution in [-0.2, 0) is 28.2 Å². The van der Waals surface area contributed by atoms with Crippen molar-refractivity contribution in [1.82, 2.24) is 15.3 Å². The van der Waals surface area contributed by atoms with Gasteiger partial charge in [-0.25, -0.2) is 4.98 Å². The van der Waals surface area contributed by atoms with E-state index in [2.05, 4.69) is 20.6 Å². The number of amides is 2. The number of para-hydroxylation sites is 1. The third-order valence-electron chi connectivity index (χ3n) is 5.54. The molecule has 0 fully saturated rings. The van der Waals surface area contributed by atoms with Gasteiger partial charge in [0.15, 0.2) is 0 Å². The second kappa shape index (κ2) is 9.87. The molecule has 0 saturated carbocycles. The van der Waals surface area contributed by atoms with Crippen LogP contribution in [0.15, 0.2) is 23.0 Å². The summed E-state index contributed by atoms with van der Waals surface area (Å²) in [5.74, 6) is 0.682. The van der Waals surface area contributed by atoms with Crippen molar-refractivity contribution in [3.63, 3.8) is 0 Å². The number of nitrogens with one attached hydrogen (secondary N) is 3. The van der Waals surface area contributed by atoms with E-state index in [1.165, 1.54) is 22.2 Å². The van der Waals surface area contributed by atoms with Gasteiger partial charge in [-0.2, -0.15) is 0 Å². The minimum absolute atomic E-state index is 0.0855. The lowest BCUT2D eigenvalue weighted by Gasteiger charge is -2.12. The van der Waals surface area contributed by atoms with Gasteiger partial charge in [0, 0.05) is 10.6 Å². The largest absolute Gasteiger partial charge is 0.346 e. The molecule has 0 atom stereocenters. The highest BCUT2D eigenvalue weighted by atomic mass is 32.2. The number of rotatable bonds is 7. The summed E-state index contributed by atoms with van der Waals surface area (Å²) in [4.78, 5) is 46.5. The highest BCUT2D eigenvalue weighted by molar-refractivity contribution is 7.99. The van der Waals surface area contributed by atoms with E-state index < -0.39 is 0 Å². The molecule has 2 amide bonds. The highest BCUT2D eigenvalue weighted by Crippen LogP contribution is 2.33. The van der Waals surface area contributed by atoms with Gasteiger partial charge in [0.25, 0.3) is 5.56 Å². The molecule has 0 saturated heterocycles. The van der Waals surface area contributed by atoms with Gasteiger partial charge in [0.05, 0.1) is 23.4 Å². The van der Waals surface area contributed by atoms with Crippen molar-refractivity contribution in [2.45, 2.75) is 45.3 Å². The van der Waals surface area contributed by atoms with E-state index in [4.69, 9.17) is 0 Å². The SMILES string of the molecule is Cc1cccc(C)c1NC(=O)CNC(=O)CSCc1nc2sc3c(c2c(=O)[nH]1)CCCC3. The zero-order valence-electron chi connectivity index (χ0n) is 18.2. The van der Waals surface area contributed by atoms with E-state index in [1.54, 1.807) is 11.3 Å². The first-order valence-electron chi connectivity index (χ1n) is 10.7. The number of carbonyl (C=O) groups is 2. The van der Waals surface area contributed by atoms with Crippen LogP contribution >= 0.6 is 23.1 Å². The molecule has 2 heterocycles. The first-order valence-corrected chi connectivity index (χ1v) is 12.6. The van der Waals surface area contributed by atoms with Crippen molar-refractivity contribution >= 4 is 50.8 Å². The predicted octanol–water partition coefficient (Wildman–Crippen LogP) is 3.47. The van der Waals surface area contributed by atoms with E-state index in [-0.39, 0.29) is 29.7 Å². The van der Waals surface area contributed by atoms with Crippen LogP contribution in [0.2, 0.25) is 0 Å². The molecule has 168 valence electrons. The number of thioether (sulfide) groups is 1. The summed E-state index contributed by atoms with van der Waals surface area (Å²) in [6.45, 7) is 3.77. The number of thiophene rings is 1. The van der Waals surface area contributed by atoms with Crippen LogP contribution in [-0.4, -0.2) is 34.1 Å². The van der Waals surface area contributed by atoms with Gasteiger partial charge in [-0.15, -0.1) is 23.1 Å². The molecule has 4 rings (SSSR count). The number of aromatic nitrogens is 2. The summed E-state index contributed by atoms with van der Waals surface area (Å²) in [6.07, 6.45) is 4.26. The predicted molar refractivity (Wildman–Crippen MR) is 131 cm³/mol. The molecular formula is C23H26N4O3S2. The maximum absolute atomic E-state index is 12.6. The number of hydrogen-bond acceptors (Lipinski definition) is 6. The molecular weight excluding hydrogens is 444 g/mol. The van der Waals surface area contributed by atoms with Gasteiger partial charge in [0.1, 0.15) is 10.7 Å². The van der Waals surface area contributed by atoms with Gasteiger partial charge < -0.3 is 15.6 Å². The van der Waals surface area contributed by atoms with Crippen LogP contribution in [0.25, 0.3) is 10.2 Å². The number of aryl methyl sites for hydroxylation is 4. The third kappa shape index (κ3) is 5.05. The number of H-pyrrole nitrogens is 1. The van der Waals surface area contributed by atoms with Gasteiger partial charge in [-0.05, 0) is 56.2 Å². The number of benzene rings is 1. The molecule has 0 unspecified atom stereocenters. The van der Waals surface area contributed by atoms with E-state index in [9.17, 15) is 14.4 Å². The molecule has 32 heavy (non-hydrogen) atoms. The van der Waals surface area contributed by atoms with Crippen LogP contribution in [0, 0.1) is 13.8 Å².